The summed E-state index contributed by atoms with van der Waals surface area (Å²) < 4.78 is 10.9. The first kappa shape index (κ1) is 23.3. The Bertz CT molecular complexity index is 778. The summed E-state index contributed by atoms with van der Waals surface area (Å²) in [6, 6.07) is 12.7. The minimum absolute atomic E-state index is 0. The van der Waals surface area contributed by atoms with Gasteiger partial charge >= 0.3 is 0 Å². The SMILES string of the molecule is COc1cc(C(C)=O)ccc1OCCCC(=O)NCCc1ccc(N)cc1.Cl. The lowest BCUT2D eigenvalue weighted by molar-refractivity contribution is -0.121. The summed E-state index contributed by atoms with van der Waals surface area (Å²) in [5.74, 6) is 1.03. The average molecular weight is 407 g/mol. The first-order chi connectivity index (χ1) is 13.0. The van der Waals surface area contributed by atoms with Crippen molar-refractivity contribution in [1.82, 2.24) is 5.32 Å². The summed E-state index contributed by atoms with van der Waals surface area (Å²) in [4.78, 5) is 23.3. The number of hydrogen-bond donors (Lipinski definition) is 2. The molecule has 0 heterocycles. The number of halogens is 1. The van der Waals surface area contributed by atoms with Gasteiger partial charge in [-0.15, -0.1) is 12.4 Å². The molecule has 0 bridgehead atoms. The van der Waals surface area contributed by atoms with Crippen LogP contribution in [-0.2, 0) is 11.2 Å². The lowest BCUT2D eigenvalue weighted by atomic mass is 10.1. The molecule has 0 aliphatic carbocycles. The van der Waals surface area contributed by atoms with Crippen LogP contribution in [0, 0.1) is 0 Å². The number of carbonyl (C=O) groups is 2. The fourth-order valence-electron chi connectivity index (χ4n) is 2.54. The molecule has 0 aliphatic heterocycles. The van der Waals surface area contributed by atoms with Crippen LogP contribution >= 0.6 is 12.4 Å². The molecule has 0 fully saturated rings. The van der Waals surface area contributed by atoms with Gasteiger partial charge in [-0.25, -0.2) is 0 Å². The Kier molecular flexibility index (Phi) is 9.88. The van der Waals surface area contributed by atoms with E-state index in [1.54, 1.807) is 18.2 Å². The molecule has 152 valence electrons. The number of amides is 1. The number of rotatable bonds is 10. The van der Waals surface area contributed by atoms with Crippen LogP contribution in [0.5, 0.6) is 11.5 Å². The van der Waals surface area contributed by atoms with Gasteiger partial charge in [-0.1, -0.05) is 12.1 Å². The molecule has 0 atom stereocenters. The third kappa shape index (κ3) is 7.48. The summed E-state index contributed by atoms with van der Waals surface area (Å²) in [7, 11) is 1.53. The van der Waals surface area contributed by atoms with Crippen molar-refractivity contribution in [1.29, 1.82) is 0 Å². The van der Waals surface area contributed by atoms with Gasteiger partial charge in [-0.2, -0.15) is 0 Å². The van der Waals surface area contributed by atoms with Crippen molar-refractivity contribution in [2.24, 2.45) is 0 Å². The van der Waals surface area contributed by atoms with Crippen LogP contribution in [0.1, 0.15) is 35.7 Å². The van der Waals surface area contributed by atoms with E-state index in [9.17, 15) is 9.59 Å². The number of benzene rings is 2. The molecular weight excluding hydrogens is 380 g/mol. The van der Waals surface area contributed by atoms with Gasteiger partial charge in [-0.05, 0) is 55.7 Å². The predicted octanol–water partition coefficient (Wildman–Crippen LogP) is 3.42. The van der Waals surface area contributed by atoms with Crippen molar-refractivity contribution >= 4 is 29.8 Å². The highest BCUT2D eigenvalue weighted by atomic mass is 35.5. The zero-order valence-electron chi connectivity index (χ0n) is 16.2. The Morgan fingerprint density at radius 1 is 1.07 bits per heavy atom. The fourth-order valence-corrected chi connectivity index (χ4v) is 2.54. The molecule has 2 aromatic rings. The Labute approximate surface area is 171 Å². The summed E-state index contributed by atoms with van der Waals surface area (Å²) >= 11 is 0. The van der Waals surface area contributed by atoms with Gasteiger partial charge in [0, 0.05) is 24.2 Å². The van der Waals surface area contributed by atoms with Crippen molar-refractivity contribution in [3.05, 3.63) is 53.6 Å². The van der Waals surface area contributed by atoms with Crippen molar-refractivity contribution in [3.63, 3.8) is 0 Å². The van der Waals surface area contributed by atoms with E-state index >= 15 is 0 Å². The molecule has 0 unspecified atom stereocenters. The standard InChI is InChI=1S/C21H26N2O4.ClH/c1-15(24)17-7-10-19(20(14-17)26-2)27-13-3-4-21(25)23-12-11-16-5-8-18(22)9-6-16;/h5-10,14H,3-4,11-13,22H2,1-2H3,(H,23,25);1H. The van der Waals surface area contributed by atoms with Crippen molar-refractivity contribution < 1.29 is 19.1 Å². The third-order valence-electron chi connectivity index (χ3n) is 4.09. The van der Waals surface area contributed by atoms with Crippen LogP contribution in [0.25, 0.3) is 0 Å². The number of carbonyl (C=O) groups excluding carboxylic acids is 2. The quantitative estimate of drug-likeness (QED) is 0.358. The van der Waals surface area contributed by atoms with E-state index in [0.717, 1.165) is 17.7 Å². The maximum absolute atomic E-state index is 11.9. The molecule has 0 aromatic heterocycles. The third-order valence-corrected chi connectivity index (χ3v) is 4.09. The van der Waals surface area contributed by atoms with Gasteiger partial charge in [0.2, 0.25) is 5.91 Å². The van der Waals surface area contributed by atoms with E-state index in [4.69, 9.17) is 15.2 Å². The second-order valence-corrected chi connectivity index (χ2v) is 6.22. The molecule has 1 amide bonds. The zero-order valence-corrected chi connectivity index (χ0v) is 17.0. The summed E-state index contributed by atoms with van der Waals surface area (Å²) in [6.45, 7) is 2.48. The molecule has 0 spiro atoms. The number of methoxy groups -OCH3 is 1. The minimum Gasteiger partial charge on any atom is -0.493 e. The first-order valence-corrected chi connectivity index (χ1v) is 8.92. The maximum atomic E-state index is 11.9. The number of nitrogens with one attached hydrogen (secondary N) is 1. The lowest BCUT2D eigenvalue weighted by Crippen LogP contribution is -2.25. The number of nitrogens with two attached hydrogens (primary N) is 1. The number of nitrogen functional groups attached to an aromatic ring is 1. The van der Waals surface area contributed by atoms with Crippen LogP contribution < -0.4 is 20.5 Å². The monoisotopic (exact) mass is 406 g/mol. The van der Waals surface area contributed by atoms with Crippen LogP contribution in [0.2, 0.25) is 0 Å². The molecule has 7 heteroatoms. The highest BCUT2D eigenvalue weighted by molar-refractivity contribution is 5.94. The molecule has 3 N–H and O–H groups in total. The van der Waals surface area contributed by atoms with E-state index < -0.39 is 0 Å². The van der Waals surface area contributed by atoms with E-state index in [1.807, 2.05) is 24.3 Å². The van der Waals surface area contributed by atoms with Crippen LogP contribution in [0.3, 0.4) is 0 Å². The van der Waals surface area contributed by atoms with E-state index in [2.05, 4.69) is 5.32 Å². The number of Topliss-reactive ketones (excluding diaryl/α,β-unsaturated/α-hetero) is 1. The van der Waals surface area contributed by atoms with Gasteiger partial charge in [-0.3, -0.25) is 9.59 Å². The second kappa shape index (κ2) is 11.9. The van der Waals surface area contributed by atoms with Crippen LogP contribution in [0.4, 0.5) is 5.69 Å². The number of ketones is 1. The second-order valence-electron chi connectivity index (χ2n) is 6.22. The average Bonchev–Trinajstić information content (AvgIpc) is 2.66. The van der Waals surface area contributed by atoms with Gasteiger partial charge < -0.3 is 20.5 Å². The topological polar surface area (TPSA) is 90.6 Å². The first-order valence-electron chi connectivity index (χ1n) is 8.92. The van der Waals surface area contributed by atoms with Gasteiger partial charge in [0.25, 0.3) is 0 Å². The molecule has 2 aromatic carbocycles. The highest BCUT2D eigenvalue weighted by Crippen LogP contribution is 2.28. The van der Waals surface area contributed by atoms with E-state index in [-0.39, 0.29) is 24.1 Å². The van der Waals surface area contributed by atoms with Crippen molar-refractivity contribution in [3.8, 4) is 11.5 Å². The minimum atomic E-state index is -0.0320. The van der Waals surface area contributed by atoms with E-state index in [1.165, 1.54) is 14.0 Å². The summed E-state index contributed by atoms with van der Waals surface area (Å²) in [5, 5.41) is 2.90. The Hall–Kier alpha value is -2.73. The van der Waals surface area contributed by atoms with Crippen LogP contribution in [0.15, 0.2) is 42.5 Å². The Morgan fingerprint density at radius 2 is 1.79 bits per heavy atom. The van der Waals surface area contributed by atoms with Crippen molar-refractivity contribution in [2.75, 3.05) is 26.0 Å². The van der Waals surface area contributed by atoms with Gasteiger partial charge in [0.05, 0.1) is 13.7 Å². The molecule has 0 radical (unpaired) electrons. The molecule has 0 saturated carbocycles. The fraction of sp³-hybridized carbons (Fsp3) is 0.333. The molecule has 0 saturated heterocycles. The number of hydrogen-bond acceptors (Lipinski definition) is 5. The number of ether oxygens (including phenoxy) is 2. The summed E-state index contributed by atoms with van der Waals surface area (Å²) in [6.07, 6.45) is 1.74. The molecule has 6 nitrogen and oxygen atoms in total. The largest absolute Gasteiger partial charge is 0.493 e. The number of anilines is 1. The van der Waals surface area contributed by atoms with E-state index in [0.29, 0.717) is 43.1 Å². The Morgan fingerprint density at radius 3 is 2.43 bits per heavy atom. The van der Waals surface area contributed by atoms with Crippen LogP contribution in [-0.4, -0.2) is 32.0 Å². The zero-order chi connectivity index (χ0) is 19.6. The summed E-state index contributed by atoms with van der Waals surface area (Å²) in [5.41, 5.74) is 8.08. The highest BCUT2D eigenvalue weighted by Gasteiger charge is 2.09. The predicted molar refractivity (Wildman–Crippen MR) is 113 cm³/mol. The molecule has 0 aliphatic rings. The maximum Gasteiger partial charge on any atom is 0.220 e. The normalized spacial score (nSPS) is 9.93. The Balaban J connectivity index is 0.00000392. The molecule has 2 rings (SSSR count). The van der Waals surface area contributed by atoms with Gasteiger partial charge in [0.1, 0.15) is 0 Å². The van der Waals surface area contributed by atoms with Gasteiger partial charge in [0.15, 0.2) is 17.3 Å². The lowest BCUT2D eigenvalue weighted by Gasteiger charge is -2.11. The van der Waals surface area contributed by atoms with Crippen molar-refractivity contribution in [2.45, 2.75) is 26.2 Å². The smallest absolute Gasteiger partial charge is 0.220 e. The molecular formula is C21H27ClN2O4. The molecule has 28 heavy (non-hydrogen) atoms.